The quantitative estimate of drug-likeness (QED) is 0.756. The van der Waals surface area contributed by atoms with Crippen molar-refractivity contribution >= 4 is 0 Å². The summed E-state index contributed by atoms with van der Waals surface area (Å²) in [4.78, 5) is 8.74. The summed E-state index contributed by atoms with van der Waals surface area (Å²) in [5.41, 5.74) is 8.51. The van der Waals surface area contributed by atoms with Crippen LogP contribution in [0.15, 0.2) is 48.7 Å². The van der Waals surface area contributed by atoms with E-state index in [2.05, 4.69) is 20.2 Å². The first-order valence-electron chi connectivity index (χ1n) is 6.50. The number of nitrogens with zero attached hydrogens (tertiary/aromatic N) is 3. The summed E-state index contributed by atoms with van der Waals surface area (Å²) in [6.07, 6.45) is 2.50. The fourth-order valence-corrected chi connectivity index (χ4v) is 2.00. The molecule has 0 spiro atoms. The number of aromatic nitrogens is 4. The summed E-state index contributed by atoms with van der Waals surface area (Å²) >= 11 is 0. The zero-order valence-corrected chi connectivity index (χ0v) is 11.0. The smallest absolute Gasteiger partial charge is 0.181 e. The minimum Gasteiger partial charge on any atom is -0.330 e. The van der Waals surface area contributed by atoms with Crippen molar-refractivity contribution in [2.24, 2.45) is 5.73 Å². The van der Waals surface area contributed by atoms with Crippen LogP contribution >= 0.6 is 0 Å². The minimum absolute atomic E-state index is 0.563. The SMILES string of the molecule is NCCc1nc(-c2ccc(-c3ccccn3)cc2)n[nH]1. The van der Waals surface area contributed by atoms with Crippen LogP contribution in [0.5, 0.6) is 0 Å². The topological polar surface area (TPSA) is 80.5 Å². The summed E-state index contributed by atoms with van der Waals surface area (Å²) in [6.45, 7) is 0.563. The van der Waals surface area contributed by atoms with Crippen LogP contribution in [0.25, 0.3) is 22.6 Å². The highest BCUT2D eigenvalue weighted by molar-refractivity contribution is 5.64. The Kier molecular flexibility index (Phi) is 3.52. The van der Waals surface area contributed by atoms with Gasteiger partial charge >= 0.3 is 0 Å². The third-order valence-corrected chi connectivity index (χ3v) is 3.02. The van der Waals surface area contributed by atoms with E-state index in [1.807, 2.05) is 42.5 Å². The molecule has 3 aromatic rings. The van der Waals surface area contributed by atoms with Gasteiger partial charge in [-0.05, 0) is 18.7 Å². The zero-order valence-electron chi connectivity index (χ0n) is 11.0. The fraction of sp³-hybridized carbons (Fsp3) is 0.133. The molecule has 0 bridgehead atoms. The molecule has 5 nitrogen and oxygen atoms in total. The molecule has 0 saturated carbocycles. The van der Waals surface area contributed by atoms with Gasteiger partial charge in [0.1, 0.15) is 5.82 Å². The molecule has 0 radical (unpaired) electrons. The molecule has 3 rings (SSSR count). The molecule has 3 N–H and O–H groups in total. The molecule has 0 saturated heterocycles. The van der Waals surface area contributed by atoms with E-state index in [9.17, 15) is 0 Å². The Morgan fingerprint density at radius 1 is 1.00 bits per heavy atom. The van der Waals surface area contributed by atoms with E-state index in [0.717, 1.165) is 22.6 Å². The second kappa shape index (κ2) is 5.63. The first-order valence-corrected chi connectivity index (χ1v) is 6.50. The van der Waals surface area contributed by atoms with Gasteiger partial charge in [-0.2, -0.15) is 5.10 Å². The first kappa shape index (κ1) is 12.5. The van der Waals surface area contributed by atoms with Crippen molar-refractivity contribution < 1.29 is 0 Å². The van der Waals surface area contributed by atoms with Gasteiger partial charge in [-0.25, -0.2) is 4.98 Å². The summed E-state index contributed by atoms with van der Waals surface area (Å²) < 4.78 is 0. The average molecular weight is 265 g/mol. The van der Waals surface area contributed by atoms with Crippen molar-refractivity contribution in [3.63, 3.8) is 0 Å². The van der Waals surface area contributed by atoms with Crippen molar-refractivity contribution in [1.29, 1.82) is 0 Å². The molecule has 0 atom stereocenters. The lowest BCUT2D eigenvalue weighted by molar-refractivity contribution is 0.874. The Balaban J connectivity index is 1.85. The van der Waals surface area contributed by atoms with Crippen molar-refractivity contribution in [1.82, 2.24) is 20.2 Å². The molecule has 20 heavy (non-hydrogen) atoms. The van der Waals surface area contributed by atoms with Crippen LogP contribution in [0.3, 0.4) is 0 Å². The molecule has 2 aromatic heterocycles. The van der Waals surface area contributed by atoms with E-state index in [-0.39, 0.29) is 0 Å². The fourth-order valence-electron chi connectivity index (χ4n) is 2.00. The van der Waals surface area contributed by atoms with Gasteiger partial charge < -0.3 is 5.73 Å². The van der Waals surface area contributed by atoms with Crippen LogP contribution in [0, 0.1) is 0 Å². The molecule has 1 aromatic carbocycles. The normalized spacial score (nSPS) is 10.7. The van der Waals surface area contributed by atoms with Crippen LogP contribution < -0.4 is 5.73 Å². The van der Waals surface area contributed by atoms with Gasteiger partial charge in [0, 0.05) is 23.7 Å². The maximum absolute atomic E-state index is 5.50. The molecule has 0 aliphatic carbocycles. The number of H-pyrrole nitrogens is 1. The predicted octanol–water partition coefficient (Wildman–Crippen LogP) is 2.03. The van der Waals surface area contributed by atoms with E-state index in [1.165, 1.54) is 0 Å². The summed E-state index contributed by atoms with van der Waals surface area (Å²) in [6, 6.07) is 13.9. The monoisotopic (exact) mass is 265 g/mol. The van der Waals surface area contributed by atoms with E-state index >= 15 is 0 Å². The van der Waals surface area contributed by atoms with Crippen LogP contribution in [0.4, 0.5) is 0 Å². The average Bonchev–Trinajstić information content (AvgIpc) is 2.97. The number of aromatic amines is 1. The van der Waals surface area contributed by atoms with Crippen LogP contribution in [-0.2, 0) is 6.42 Å². The Labute approximate surface area is 116 Å². The second-order valence-electron chi connectivity index (χ2n) is 4.44. The number of benzene rings is 1. The van der Waals surface area contributed by atoms with Gasteiger partial charge in [0.15, 0.2) is 5.82 Å². The number of pyridine rings is 1. The van der Waals surface area contributed by atoms with Crippen LogP contribution in [0.2, 0.25) is 0 Å². The van der Waals surface area contributed by atoms with E-state index in [1.54, 1.807) is 6.20 Å². The molecule has 0 aliphatic rings. The Morgan fingerprint density at radius 3 is 2.50 bits per heavy atom. The first-order chi connectivity index (χ1) is 9.86. The van der Waals surface area contributed by atoms with Gasteiger partial charge in [-0.3, -0.25) is 10.1 Å². The van der Waals surface area contributed by atoms with Gasteiger partial charge in [0.2, 0.25) is 0 Å². The summed E-state index contributed by atoms with van der Waals surface area (Å²) in [5, 5.41) is 7.10. The molecule has 5 heteroatoms. The summed E-state index contributed by atoms with van der Waals surface area (Å²) in [7, 11) is 0. The molecule has 100 valence electrons. The van der Waals surface area contributed by atoms with E-state index in [0.29, 0.717) is 18.8 Å². The predicted molar refractivity (Wildman–Crippen MR) is 77.8 cm³/mol. The van der Waals surface area contributed by atoms with Crippen LogP contribution in [-0.4, -0.2) is 26.7 Å². The highest BCUT2D eigenvalue weighted by Crippen LogP contribution is 2.21. The lowest BCUT2D eigenvalue weighted by Crippen LogP contribution is -2.03. The maximum atomic E-state index is 5.50. The highest BCUT2D eigenvalue weighted by Gasteiger charge is 2.06. The molecule has 0 amide bonds. The number of nitrogens with one attached hydrogen (secondary N) is 1. The van der Waals surface area contributed by atoms with Crippen molar-refractivity contribution in [3.8, 4) is 22.6 Å². The van der Waals surface area contributed by atoms with Crippen molar-refractivity contribution in [2.45, 2.75) is 6.42 Å². The third kappa shape index (κ3) is 2.57. The second-order valence-corrected chi connectivity index (χ2v) is 4.44. The van der Waals surface area contributed by atoms with E-state index in [4.69, 9.17) is 5.73 Å². The molecule has 0 aliphatic heterocycles. The van der Waals surface area contributed by atoms with Gasteiger partial charge in [-0.1, -0.05) is 30.3 Å². The lowest BCUT2D eigenvalue weighted by atomic mass is 10.1. The Bertz CT molecular complexity index is 673. The standard InChI is InChI=1S/C15H15N5/c16-9-8-14-18-15(20-19-14)12-6-4-11(5-7-12)13-3-1-2-10-17-13/h1-7,10H,8-9,16H2,(H,18,19,20). The molecular weight excluding hydrogens is 250 g/mol. The minimum atomic E-state index is 0.563. The zero-order chi connectivity index (χ0) is 13.8. The largest absolute Gasteiger partial charge is 0.330 e. The maximum Gasteiger partial charge on any atom is 0.181 e. The molecular formula is C15H15N5. The van der Waals surface area contributed by atoms with Crippen LogP contribution in [0.1, 0.15) is 5.82 Å². The van der Waals surface area contributed by atoms with Crippen molar-refractivity contribution in [3.05, 3.63) is 54.5 Å². The van der Waals surface area contributed by atoms with E-state index < -0.39 is 0 Å². The van der Waals surface area contributed by atoms with Gasteiger partial charge in [-0.15, -0.1) is 0 Å². The van der Waals surface area contributed by atoms with Gasteiger partial charge in [0.05, 0.1) is 5.69 Å². The van der Waals surface area contributed by atoms with Crippen molar-refractivity contribution in [2.75, 3.05) is 6.54 Å². The number of nitrogens with two attached hydrogens (primary N) is 1. The number of rotatable bonds is 4. The number of hydrogen-bond donors (Lipinski definition) is 2. The summed E-state index contributed by atoms with van der Waals surface area (Å²) in [5.74, 6) is 1.51. The molecule has 0 unspecified atom stereocenters. The Morgan fingerprint density at radius 2 is 1.80 bits per heavy atom. The molecule has 2 heterocycles. The number of hydrogen-bond acceptors (Lipinski definition) is 4. The Hall–Kier alpha value is -2.53. The third-order valence-electron chi connectivity index (χ3n) is 3.02. The van der Waals surface area contributed by atoms with Gasteiger partial charge in [0.25, 0.3) is 0 Å². The molecule has 0 fully saturated rings. The lowest BCUT2D eigenvalue weighted by Gasteiger charge is -2.01. The highest BCUT2D eigenvalue weighted by atomic mass is 15.2.